The molecule has 0 aromatic rings. The topological polar surface area (TPSA) is 87.2 Å². The quantitative estimate of drug-likeness (QED) is 0.163. The third kappa shape index (κ3) is 6.33. The van der Waals surface area contributed by atoms with Crippen LogP contribution in [0.3, 0.4) is 0 Å². The van der Waals surface area contributed by atoms with E-state index in [1.165, 1.54) is 0 Å². The molecule has 1 N–H and O–H groups in total. The number of unbranched alkanes of at least 4 members (excludes halogenated alkanes) is 3. The summed E-state index contributed by atoms with van der Waals surface area (Å²) in [6, 6.07) is -0.668. The van der Waals surface area contributed by atoms with Gasteiger partial charge in [0, 0.05) is 30.5 Å². The Balaban J connectivity index is 1.99. The first kappa shape index (κ1) is 32.7. The van der Waals surface area contributed by atoms with Gasteiger partial charge in [-0.25, -0.2) is 0 Å². The number of fused-ring (bicyclic) bond motifs is 1. The Morgan fingerprint density at radius 1 is 1.15 bits per heavy atom. The maximum absolute atomic E-state index is 14.8. The number of thioether (sulfide) groups is 1. The van der Waals surface area contributed by atoms with Crippen LogP contribution in [0, 0.1) is 23.2 Å². The van der Waals surface area contributed by atoms with Crippen molar-refractivity contribution in [2.24, 2.45) is 23.2 Å². The van der Waals surface area contributed by atoms with E-state index < -0.39 is 28.2 Å². The molecule has 0 aromatic heterocycles. The molecule has 3 unspecified atom stereocenters. The summed E-state index contributed by atoms with van der Waals surface area (Å²) >= 11 is 1.68. The number of carbonyl (C=O) groups is 3. The Morgan fingerprint density at radius 2 is 1.85 bits per heavy atom. The Kier molecular flexibility index (Phi) is 10.6. The number of aliphatic hydroxyl groups excluding tert-OH is 1. The van der Waals surface area contributed by atoms with Crippen LogP contribution < -0.4 is 0 Å². The highest BCUT2D eigenvalue weighted by Gasteiger charge is 2.76. The second-order valence-corrected chi connectivity index (χ2v) is 15.3. The molecule has 3 rings (SSSR count). The molecule has 2 amide bonds. The first-order chi connectivity index (χ1) is 18.8. The van der Waals surface area contributed by atoms with Crippen molar-refractivity contribution < 1.29 is 24.2 Å². The van der Waals surface area contributed by atoms with E-state index in [1.807, 2.05) is 11.0 Å². The van der Waals surface area contributed by atoms with Crippen molar-refractivity contribution in [3.05, 3.63) is 25.3 Å². The Bertz CT molecular complexity index is 959. The van der Waals surface area contributed by atoms with Crippen molar-refractivity contribution in [3.8, 4) is 0 Å². The van der Waals surface area contributed by atoms with E-state index in [9.17, 15) is 19.5 Å². The lowest BCUT2D eigenvalue weighted by Crippen LogP contribution is -2.61. The summed E-state index contributed by atoms with van der Waals surface area (Å²) in [5, 5.41) is 9.42. The molecule has 3 heterocycles. The van der Waals surface area contributed by atoms with Gasteiger partial charge < -0.3 is 19.6 Å². The van der Waals surface area contributed by atoms with Crippen LogP contribution in [0.25, 0.3) is 0 Å². The number of aliphatic hydroxyl groups is 1. The second-order valence-electron chi connectivity index (χ2n) is 13.8. The number of hydrogen-bond acceptors (Lipinski definition) is 6. The number of amides is 2. The Hall–Kier alpha value is -1.80. The van der Waals surface area contributed by atoms with Gasteiger partial charge in [-0.15, -0.1) is 24.9 Å². The van der Waals surface area contributed by atoms with E-state index in [2.05, 4.69) is 54.7 Å². The lowest BCUT2D eigenvalue weighted by Gasteiger charge is -2.46. The summed E-state index contributed by atoms with van der Waals surface area (Å²) in [6.45, 7) is 21.7. The van der Waals surface area contributed by atoms with Gasteiger partial charge in [0.2, 0.25) is 11.8 Å². The zero-order chi connectivity index (χ0) is 29.9. The fraction of sp³-hybridized carbons (Fsp3) is 0.781. The van der Waals surface area contributed by atoms with E-state index >= 15 is 0 Å². The van der Waals surface area contributed by atoms with Crippen LogP contribution >= 0.6 is 11.8 Å². The van der Waals surface area contributed by atoms with Gasteiger partial charge in [-0.2, -0.15) is 0 Å². The van der Waals surface area contributed by atoms with E-state index in [-0.39, 0.29) is 41.0 Å². The number of rotatable bonds is 15. The second kappa shape index (κ2) is 13.0. The predicted octanol–water partition coefficient (Wildman–Crippen LogP) is 5.23. The number of esters is 1. The highest BCUT2D eigenvalue weighted by molar-refractivity contribution is 8.02. The van der Waals surface area contributed by atoms with Gasteiger partial charge in [0.1, 0.15) is 6.04 Å². The van der Waals surface area contributed by atoms with E-state index in [0.29, 0.717) is 32.5 Å². The largest absolute Gasteiger partial charge is 0.465 e. The van der Waals surface area contributed by atoms with Crippen molar-refractivity contribution in [2.75, 3.05) is 26.3 Å². The Morgan fingerprint density at radius 3 is 2.45 bits per heavy atom. The minimum absolute atomic E-state index is 0.00922. The van der Waals surface area contributed by atoms with Gasteiger partial charge >= 0.3 is 5.97 Å². The summed E-state index contributed by atoms with van der Waals surface area (Å²) in [7, 11) is 0. The maximum atomic E-state index is 14.8. The molecule has 3 aliphatic heterocycles. The van der Waals surface area contributed by atoms with Gasteiger partial charge in [0.05, 0.1) is 23.2 Å². The molecule has 1 spiro atoms. The first-order valence-electron chi connectivity index (χ1n) is 15.1. The van der Waals surface area contributed by atoms with Crippen LogP contribution in [0.15, 0.2) is 25.3 Å². The number of likely N-dealkylation sites (tertiary alicyclic amines) is 1. The predicted molar refractivity (Wildman–Crippen MR) is 162 cm³/mol. The molecule has 40 heavy (non-hydrogen) atoms. The fourth-order valence-electron chi connectivity index (χ4n) is 7.67. The van der Waals surface area contributed by atoms with E-state index in [1.54, 1.807) is 22.7 Å². The van der Waals surface area contributed by atoms with Crippen LogP contribution in [0.2, 0.25) is 0 Å². The normalized spacial score (nSPS) is 29.4. The first-order valence-corrected chi connectivity index (χ1v) is 15.9. The van der Waals surface area contributed by atoms with Crippen LogP contribution in [0.1, 0.15) is 86.5 Å². The summed E-state index contributed by atoms with van der Waals surface area (Å²) in [4.78, 5) is 46.2. The highest BCUT2D eigenvalue weighted by atomic mass is 32.2. The standard InChI is InChI=1S/C32H52N2O5S/c1-9-11-12-15-19-39-29(38)24-23-20-22(3)32(40-23)25(24)27(36)33(17-13-14-18-35)26(32)28(37)34(16-10-2)31(7,8)21-30(4,5)6/h9-10,22-26,35H,1-2,11-21H2,3-8H3/t22?,23-,24+,25-,26?,32?/m0/s1. The van der Waals surface area contributed by atoms with Gasteiger partial charge in [0.25, 0.3) is 0 Å². The van der Waals surface area contributed by atoms with Crippen LogP contribution in [-0.4, -0.2) is 80.6 Å². The zero-order valence-electron chi connectivity index (χ0n) is 25.6. The molecular formula is C32H52N2O5S. The summed E-state index contributed by atoms with van der Waals surface area (Å²) in [5.74, 6) is -1.50. The van der Waals surface area contributed by atoms with Crippen LogP contribution in [0.4, 0.5) is 0 Å². The number of ether oxygens (including phenoxy) is 1. The third-order valence-corrected chi connectivity index (χ3v) is 11.0. The minimum Gasteiger partial charge on any atom is -0.465 e. The molecular weight excluding hydrogens is 524 g/mol. The average Bonchev–Trinajstić information content (AvgIpc) is 3.44. The minimum atomic E-state index is -0.679. The van der Waals surface area contributed by atoms with Gasteiger partial charge in [-0.1, -0.05) is 39.8 Å². The van der Waals surface area contributed by atoms with Crippen molar-refractivity contribution in [2.45, 2.75) is 108 Å². The third-order valence-electron chi connectivity index (χ3n) is 8.88. The molecule has 226 valence electrons. The van der Waals surface area contributed by atoms with Crippen LogP contribution in [-0.2, 0) is 19.1 Å². The number of carbonyl (C=O) groups excluding carboxylic acids is 3. The highest BCUT2D eigenvalue weighted by Crippen LogP contribution is 2.69. The summed E-state index contributed by atoms with van der Waals surface area (Å²) in [6.07, 6.45) is 8.88. The average molecular weight is 577 g/mol. The monoisotopic (exact) mass is 576 g/mol. The van der Waals surface area contributed by atoms with E-state index in [4.69, 9.17) is 4.74 Å². The molecule has 7 nitrogen and oxygen atoms in total. The van der Waals surface area contributed by atoms with Crippen molar-refractivity contribution in [3.63, 3.8) is 0 Å². The zero-order valence-corrected chi connectivity index (χ0v) is 26.4. The maximum Gasteiger partial charge on any atom is 0.310 e. The van der Waals surface area contributed by atoms with Crippen molar-refractivity contribution >= 4 is 29.5 Å². The lowest BCUT2D eigenvalue weighted by atomic mass is 9.66. The lowest BCUT2D eigenvalue weighted by molar-refractivity contribution is -0.154. The van der Waals surface area contributed by atoms with Gasteiger partial charge in [-0.3, -0.25) is 14.4 Å². The molecule has 8 heteroatoms. The molecule has 3 fully saturated rings. The van der Waals surface area contributed by atoms with Gasteiger partial charge in [0.15, 0.2) is 0 Å². The number of hydrogen-bond donors (Lipinski definition) is 1. The molecule has 3 saturated heterocycles. The van der Waals surface area contributed by atoms with Crippen molar-refractivity contribution in [1.29, 1.82) is 0 Å². The molecule has 0 aliphatic carbocycles. The molecule has 6 atom stereocenters. The molecule has 2 bridgehead atoms. The fourth-order valence-corrected chi connectivity index (χ4v) is 10.1. The molecule has 0 aromatic carbocycles. The summed E-state index contributed by atoms with van der Waals surface area (Å²) in [5.41, 5.74) is -0.475. The number of allylic oxidation sites excluding steroid dienone is 1. The Labute approximate surface area is 246 Å². The van der Waals surface area contributed by atoms with Crippen LogP contribution in [0.5, 0.6) is 0 Å². The number of nitrogens with zero attached hydrogens (tertiary/aromatic N) is 2. The molecule has 0 saturated carbocycles. The van der Waals surface area contributed by atoms with Crippen molar-refractivity contribution in [1.82, 2.24) is 9.80 Å². The van der Waals surface area contributed by atoms with Gasteiger partial charge in [-0.05, 0) is 70.1 Å². The van der Waals surface area contributed by atoms with E-state index in [0.717, 1.165) is 32.1 Å². The summed E-state index contributed by atoms with van der Waals surface area (Å²) < 4.78 is 5.06. The smallest absolute Gasteiger partial charge is 0.310 e. The molecule has 0 radical (unpaired) electrons. The SMILES string of the molecule is C=CCCCCOC(=O)[C@@H]1[C@@H]2CC(C)C3(S2)C(C(=O)N(CC=C)C(C)(C)CC(C)(C)C)N(CCCCO)C(=O)[C@H]13. The molecule has 3 aliphatic rings.